The van der Waals surface area contributed by atoms with E-state index in [2.05, 4.69) is 99.7 Å². The molecule has 0 amide bonds. The van der Waals surface area contributed by atoms with Crippen LogP contribution in [0.5, 0.6) is 0 Å². The maximum absolute atomic E-state index is 2.20. The SMILES string of the molecule is C[Si]C.Cc1cc2ccccc2[cH-]1.Cc1cc2ccccc2[cH-]1.[Cl-].[Cl-].[Zr+2].[Zr+2]. The van der Waals surface area contributed by atoms with E-state index in [1.54, 1.807) is 0 Å². The number of fused-ring (bicyclic) bond motifs is 2. The van der Waals surface area contributed by atoms with E-state index in [0.717, 1.165) is 9.52 Å². The van der Waals surface area contributed by atoms with E-state index in [1.807, 2.05) is 0 Å². The average Bonchev–Trinajstić information content (AvgIpc) is 3.08. The van der Waals surface area contributed by atoms with Crippen molar-refractivity contribution in [2.24, 2.45) is 0 Å². The Bertz CT molecular complexity index is 731. The molecule has 27 heavy (non-hydrogen) atoms. The van der Waals surface area contributed by atoms with Crippen molar-refractivity contribution in [3.05, 3.63) is 83.9 Å². The van der Waals surface area contributed by atoms with E-state index in [0.29, 0.717) is 0 Å². The summed E-state index contributed by atoms with van der Waals surface area (Å²) in [5.41, 5.74) is 2.70. The van der Waals surface area contributed by atoms with Gasteiger partial charge in [0.2, 0.25) is 0 Å². The van der Waals surface area contributed by atoms with E-state index in [4.69, 9.17) is 0 Å². The molecule has 0 atom stereocenters. The predicted octanol–water partition coefficient (Wildman–Crippen LogP) is 0.524. The zero-order valence-corrected chi connectivity index (χ0v) is 23.6. The minimum absolute atomic E-state index is 0. The van der Waals surface area contributed by atoms with Gasteiger partial charge in [0.05, 0.1) is 0 Å². The summed E-state index contributed by atoms with van der Waals surface area (Å²) in [6, 6.07) is 25.7. The van der Waals surface area contributed by atoms with Crippen LogP contribution < -0.4 is 24.8 Å². The molecule has 4 aromatic rings. The maximum Gasteiger partial charge on any atom is 2.00 e. The van der Waals surface area contributed by atoms with Crippen LogP contribution in [0.15, 0.2) is 72.8 Å². The van der Waals surface area contributed by atoms with Crippen LogP contribution in [0.3, 0.4) is 0 Å². The second-order valence-electron chi connectivity index (χ2n) is 5.82. The third-order valence-corrected chi connectivity index (χ3v) is 3.52. The summed E-state index contributed by atoms with van der Waals surface area (Å²) in [6.45, 7) is 8.56. The fourth-order valence-electron chi connectivity index (χ4n) is 2.61. The van der Waals surface area contributed by atoms with Gasteiger partial charge in [-0.3, -0.25) is 0 Å². The van der Waals surface area contributed by atoms with Crippen molar-refractivity contribution in [3.8, 4) is 0 Å². The number of benzene rings is 2. The van der Waals surface area contributed by atoms with Gasteiger partial charge >= 0.3 is 52.4 Å². The Hall–Kier alpha value is 0.223. The average molecular weight is 570 g/mol. The van der Waals surface area contributed by atoms with Gasteiger partial charge in [-0.15, -0.1) is 81.2 Å². The van der Waals surface area contributed by atoms with Gasteiger partial charge in [0, 0.05) is 9.52 Å². The Morgan fingerprint density at radius 1 is 0.630 bits per heavy atom. The van der Waals surface area contributed by atoms with Crippen LogP contribution in [0, 0.1) is 13.8 Å². The molecule has 0 N–H and O–H groups in total. The van der Waals surface area contributed by atoms with E-state index >= 15 is 0 Å². The molecule has 5 heteroatoms. The summed E-state index contributed by atoms with van der Waals surface area (Å²) < 4.78 is 0. The Balaban J connectivity index is -0.000000331. The minimum atomic E-state index is 0. The number of halogens is 2. The van der Waals surface area contributed by atoms with Crippen molar-refractivity contribution in [1.29, 1.82) is 0 Å². The summed E-state index contributed by atoms with van der Waals surface area (Å²) in [5, 5.41) is 5.39. The van der Waals surface area contributed by atoms with Crippen molar-refractivity contribution < 1.29 is 77.2 Å². The van der Waals surface area contributed by atoms with Crippen molar-refractivity contribution in [1.82, 2.24) is 0 Å². The van der Waals surface area contributed by atoms with Crippen LogP contribution in [0.1, 0.15) is 11.1 Å². The first-order valence-corrected chi connectivity index (χ1v) is 9.96. The van der Waals surface area contributed by atoms with Crippen LogP contribution >= 0.6 is 0 Å². The van der Waals surface area contributed by atoms with Gasteiger partial charge in [-0.25, -0.2) is 0 Å². The first kappa shape index (κ1) is 31.9. The molecule has 4 rings (SSSR count). The molecule has 138 valence electrons. The molecule has 0 saturated carbocycles. The smallest absolute Gasteiger partial charge is 1.00 e. The maximum atomic E-state index is 2.20. The monoisotopic (exact) mass is 566 g/mol. The molecule has 0 spiro atoms. The standard InChI is InChI=1S/2C10H9.C2H6Si.2ClH.2Zr/c2*1-8-6-9-4-2-3-5-10(9)7-8;1-3-2;;;;/h2*2-7H,1H3;1-2H3;2*1H;;/q2*-1;;;;2*+2/p-2. The zero-order chi connectivity index (χ0) is 16.7. The molecule has 4 aromatic carbocycles. The van der Waals surface area contributed by atoms with Crippen molar-refractivity contribution in [2.75, 3.05) is 0 Å². The third kappa shape index (κ3) is 10.5. The Morgan fingerprint density at radius 3 is 1.22 bits per heavy atom. The normalized spacial score (nSPS) is 8.44. The molecule has 0 saturated heterocycles. The molecule has 0 bridgehead atoms. The van der Waals surface area contributed by atoms with E-state index < -0.39 is 0 Å². The number of hydrogen-bond donors (Lipinski definition) is 0. The zero-order valence-electron chi connectivity index (χ0n) is 16.2. The molecule has 0 nitrogen and oxygen atoms in total. The molecule has 2 radical (unpaired) electrons. The van der Waals surface area contributed by atoms with Gasteiger partial charge in [0.25, 0.3) is 0 Å². The summed E-state index contributed by atoms with van der Waals surface area (Å²) in [4.78, 5) is 0. The van der Waals surface area contributed by atoms with Crippen molar-refractivity contribution >= 4 is 31.1 Å². The van der Waals surface area contributed by atoms with E-state index in [1.165, 1.54) is 32.7 Å². The predicted molar refractivity (Wildman–Crippen MR) is 106 cm³/mol. The van der Waals surface area contributed by atoms with Crippen LogP contribution in [-0.4, -0.2) is 9.52 Å². The summed E-state index contributed by atoms with van der Waals surface area (Å²) in [5.74, 6) is 0. The molecule has 0 aliphatic heterocycles. The fourth-order valence-corrected chi connectivity index (χ4v) is 2.61. The van der Waals surface area contributed by atoms with Crippen molar-refractivity contribution in [2.45, 2.75) is 26.9 Å². The van der Waals surface area contributed by atoms with Crippen LogP contribution in [0.25, 0.3) is 21.5 Å². The molecule has 0 aromatic heterocycles. The Morgan fingerprint density at radius 2 is 0.926 bits per heavy atom. The second-order valence-corrected chi connectivity index (χ2v) is 6.82. The largest absolute Gasteiger partial charge is 2.00 e. The van der Waals surface area contributed by atoms with Gasteiger partial charge in [-0.1, -0.05) is 39.1 Å². The fraction of sp³-hybridized carbons (Fsp3) is 0.182. The van der Waals surface area contributed by atoms with Gasteiger partial charge in [-0.2, -0.15) is 12.1 Å². The topological polar surface area (TPSA) is 0 Å². The first-order chi connectivity index (χ1) is 11.1. The van der Waals surface area contributed by atoms with Crippen LogP contribution in [-0.2, 0) is 52.4 Å². The summed E-state index contributed by atoms with van der Waals surface area (Å²) in [7, 11) is 1.08. The first-order valence-electron chi connectivity index (χ1n) is 7.96. The van der Waals surface area contributed by atoms with Crippen LogP contribution in [0.4, 0.5) is 0 Å². The Kier molecular flexibility index (Phi) is 20.2. The number of aryl methyl sites for hydroxylation is 2. The Labute approximate surface area is 217 Å². The quantitative estimate of drug-likeness (QED) is 0.214. The van der Waals surface area contributed by atoms with E-state index in [-0.39, 0.29) is 77.2 Å². The molecular formula is C22H24Cl2SiZr2. The van der Waals surface area contributed by atoms with Gasteiger partial charge in [-0.05, 0) is 0 Å². The van der Waals surface area contributed by atoms with Crippen molar-refractivity contribution in [3.63, 3.8) is 0 Å². The number of hydrogen-bond acceptors (Lipinski definition) is 0. The summed E-state index contributed by atoms with van der Waals surface area (Å²) >= 11 is 0. The molecule has 0 fully saturated rings. The second kappa shape index (κ2) is 17.1. The van der Waals surface area contributed by atoms with E-state index in [9.17, 15) is 0 Å². The third-order valence-electron chi connectivity index (χ3n) is 3.52. The van der Waals surface area contributed by atoms with Crippen LogP contribution in [0.2, 0.25) is 13.1 Å². The minimum Gasteiger partial charge on any atom is -1.00 e. The molecule has 0 heterocycles. The molecule has 0 aliphatic rings. The van der Waals surface area contributed by atoms with Gasteiger partial charge in [0.1, 0.15) is 0 Å². The molecule has 0 aliphatic carbocycles. The number of rotatable bonds is 0. The van der Waals surface area contributed by atoms with Gasteiger partial charge in [0.15, 0.2) is 0 Å². The summed E-state index contributed by atoms with van der Waals surface area (Å²) in [6.07, 6.45) is 0. The molecular weight excluding hydrogens is 546 g/mol. The van der Waals surface area contributed by atoms with Gasteiger partial charge < -0.3 is 24.8 Å². The molecule has 0 unspecified atom stereocenters.